The van der Waals surface area contributed by atoms with Crippen molar-refractivity contribution in [3.05, 3.63) is 5.82 Å². The van der Waals surface area contributed by atoms with Crippen molar-refractivity contribution in [1.29, 1.82) is 0 Å². The summed E-state index contributed by atoms with van der Waals surface area (Å²) >= 11 is 1.55. The third-order valence-corrected chi connectivity index (χ3v) is 4.45. The molecule has 1 aliphatic heterocycles. The molecule has 1 fully saturated rings. The molecular weight excluding hydrogens is 272 g/mol. The van der Waals surface area contributed by atoms with Crippen molar-refractivity contribution in [3.8, 4) is 0 Å². The first-order chi connectivity index (χ1) is 9.83. The third kappa shape index (κ3) is 4.68. The molecule has 1 N–H and O–H groups in total. The fraction of sp³-hybridized carbons (Fsp3) is 0.857. The Kier molecular flexibility index (Phi) is 6.69. The Balaban J connectivity index is 1.79. The Morgan fingerprint density at radius 3 is 3.20 bits per heavy atom. The van der Waals surface area contributed by atoms with E-state index in [-0.39, 0.29) is 0 Å². The first kappa shape index (κ1) is 15.7. The highest BCUT2D eigenvalue weighted by molar-refractivity contribution is 7.09. The van der Waals surface area contributed by atoms with Gasteiger partial charge >= 0.3 is 0 Å². The summed E-state index contributed by atoms with van der Waals surface area (Å²) in [7, 11) is 1.74. The fourth-order valence-electron chi connectivity index (χ4n) is 2.58. The Morgan fingerprint density at radius 2 is 2.40 bits per heavy atom. The second-order valence-corrected chi connectivity index (χ2v) is 6.12. The third-order valence-electron chi connectivity index (χ3n) is 3.64. The van der Waals surface area contributed by atoms with Gasteiger partial charge in [0.2, 0.25) is 5.13 Å². The summed E-state index contributed by atoms with van der Waals surface area (Å²) in [6.45, 7) is 7.18. The minimum atomic E-state index is 0.708. The number of nitrogens with zero attached hydrogens (tertiary/aromatic N) is 3. The van der Waals surface area contributed by atoms with Crippen LogP contribution in [-0.2, 0) is 11.2 Å². The van der Waals surface area contributed by atoms with Gasteiger partial charge in [0.25, 0.3) is 0 Å². The second-order valence-electron chi connectivity index (χ2n) is 5.39. The molecule has 1 aliphatic rings. The van der Waals surface area contributed by atoms with Crippen LogP contribution in [0.15, 0.2) is 0 Å². The lowest BCUT2D eigenvalue weighted by molar-refractivity contribution is 0.197. The van der Waals surface area contributed by atoms with Gasteiger partial charge in [-0.15, -0.1) is 0 Å². The molecule has 0 radical (unpaired) electrons. The van der Waals surface area contributed by atoms with Gasteiger partial charge in [0.1, 0.15) is 5.82 Å². The van der Waals surface area contributed by atoms with E-state index < -0.39 is 0 Å². The Morgan fingerprint density at radius 1 is 1.50 bits per heavy atom. The van der Waals surface area contributed by atoms with E-state index in [1.807, 2.05) is 0 Å². The maximum atomic E-state index is 5.06. The molecule has 1 aromatic rings. The Hall–Kier alpha value is -0.720. The van der Waals surface area contributed by atoms with Crippen molar-refractivity contribution < 1.29 is 4.74 Å². The van der Waals surface area contributed by atoms with Crippen molar-refractivity contribution >= 4 is 16.7 Å². The summed E-state index contributed by atoms with van der Waals surface area (Å²) in [5, 5.41) is 4.58. The van der Waals surface area contributed by atoms with Crippen molar-refractivity contribution in [3.63, 3.8) is 0 Å². The van der Waals surface area contributed by atoms with Crippen LogP contribution in [0, 0.1) is 5.92 Å². The number of piperidine rings is 1. The van der Waals surface area contributed by atoms with Crippen LogP contribution in [0.1, 0.15) is 32.0 Å². The number of nitrogens with one attached hydrogen (secondary N) is 1. The largest absolute Gasteiger partial charge is 0.383 e. The topological polar surface area (TPSA) is 50.3 Å². The lowest BCUT2D eigenvalue weighted by atomic mass is 9.98. The van der Waals surface area contributed by atoms with E-state index in [0.717, 1.165) is 56.6 Å². The van der Waals surface area contributed by atoms with E-state index in [4.69, 9.17) is 4.74 Å². The van der Waals surface area contributed by atoms with Gasteiger partial charge < -0.3 is 15.0 Å². The van der Waals surface area contributed by atoms with Crippen LogP contribution >= 0.6 is 11.5 Å². The molecule has 2 rings (SSSR count). The summed E-state index contributed by atoms with van der Waals surface area (Å²) in [6.07, 6.45) is 4.66. The van der Waals surface area contributed by atoms with Crippen LogP contribution < -0.4 is 10.2 Å². The fourth-order valence-corrected chi connectivity index (χ4v) is 3.33. The monoisotopic (exact) mass is 298 g/mol. The zero-order chi connectivity index (χ0) is 14.2. The molecular formula is C14H26N4OS. The average Bonchev–Trinajstić information content (AvgIpc) is 2.93. The molecule has 20 heavy (non-hydrogen) atoms. The molecule has 2 heterocycles. The van der Waals surface area contributed by atoms with Gasteiger partial charge in [0, 0.05) is 44.7 Å². The van der Waals surface area contributed by atoms with Gasteiger partial charge in [-0.25, -0.2) is 4.98 Å². The maximum absolute atomic E-state index is 5.06. The molecule has 114 valence electrons. The van der Waals surface area contributed by atoms with E-state index in [0.29, 0.717) is 5.92 Å². The van der Waals surface area contributed by atoms with Crippen LogP contribution in [0.25, 0.3) is 0 Å². The average molecular weight is 298 g/mol. The summed E-state index contributed by atoms with van der Waals surface area (Å²) in [6, 6.07) is 0. The van der Waals surface area contributed by atoms with E-state index >= 15 is 0 Å². The van der Waals surface area contributed by atoms with Crippen molar-refractivity contribution in [2.45, 2.75) is 32.6 Å². The summed E-state index contributed by atoms with van der Waals surface area (Å²) in [5.74, 6) is 1.71. The molecule has 0 aromatic carbocycles. The molecule has 6 heteroatoms. The number of aryl methyl sites for hydroxylation is 1. The van der Waals surface area contributed by atoms with Gasteiger partial charge in [0.05, 0.1) is 6.61 Å². The van der Waals surface area contributed by atoms with E-state index in [2.05, 4.69) is 26.5 Å². The SMILES string of the molecule is CCCc1nsc(N2CCCC(CNCCOC)C2)n1. The molecule has 0 saturated carbocycles. The van der Waals surface area contributed by atoms with Gasteiger partial charge in [-0.05, 0) is 31.7 Å². The summed E-state index contributed by atoms with van der Waals surface area (Å²) < 4.78 is 9.51. The number of hydrogen-bond donors (Lipinski definition) is 1. The summed E-state index contributed by atoms with van der Waals surface area (Å²) in [5.41, 5.74) is 0. The quantitative estimate of drug-likeness (QED) is 0.743. The first-order valence-corrected chi connectivity index (χ1v) is 8.38. The predicted molar refractivity (Wildman–Crippen MR) is 83.6 cm³/mol. The number of anilines is 1. The molecule has 1 atom stereocenters. The number of ether oxygens (including phenoxy) is 1. The molecule has 0 bridgehead atoms. The van der Waals surface area contributed by atoms with Crippen LogP contribution in [0.4, 0.5) is 5.13 Å². The lowest BCUT2D eigenvalue weighted by Gasteiger charge is -2.32. The molecule has 1 aromatic heterocycles. The highest BCUT2D eigenvalue weighted by Gasteiger charge is 2.22. The highest BCUT2D eigenvalue weighted by atomic mass is 32.1. The summed E-state index contributed by atoms with van der Waals surface area (Å²) in [4.78, 5) is 7.07. The zero-order valence-electron chi connectivity index (χ0n) is 12.6. The zero-order valence-corrected chi connectivity index (χ0v) is 13.4. The lowest BCUT2D eigenvalue weighted by Crippen LogP contribution is -2.40. The van der Waals surface area contributed by atoms with Crippen LogP contribution in [0.2, 0.25) is 0 Å². The standard InChI is InChI=1S/C14H26N4OS/c1-3-5-13-16-14(20-17-13)18-8-4-6-12(11-18)10-15-7-9-19-2/h12,15H,3-11H2,1-2H3. The minimum absolute atomic E-state index is 0.708. The minimum Gasteiger partial charge on any atom is -0.383 e. The second kappa shape index (κ2) is 8.54. The van der Waals surface area contributed by atoms with E-state index in [1.54, 1.807) is 18.6 Å². The van der Waals surface area contributed by atoms with Crippen molar-refractivity contribution in [1.82, 2.24) is 14.7 Å². The van der Waals surface area contributed by atoms with Gasteiger partial charge in [-0.1, -0.05) is 6.92 Å². The predicted octanol–water partition coefficient (Wildman–Crippen LogP) is 1.94. The molecule has 5 nitrogen and oxygen atoms in total. The van der Waals surface area contributed by atoms with Crippen LogP contribution in [0.5, 0.6) is 0 Å². The molecule has 0 spiro atoms. The van der Waals surface area contributed by atoms with Crippen molar-refractivity contribution in [2.24, 2.45) is 5.92 Å². The maximum Gasteiger partial charge on any atom is 0.205 e. The molecule has 0 amide bonds. The molecule has 0 aliphatic carbocycles. The van der Waals surface area contributed by atoms with Gasteiger partial charge in [-0.3, -0.25) is 0 Å². The number of rotatable bonds is 8. The Bertz CT molecular complexity index is 385. The number of methoxy groups -OCH3 is 1. The van der Waals surface area contributed by atoms with Gasteiger partial charge in [0.15, 0.2) is 0 Å². The van der Waals surface area contributed by atoms with E-state index in [1.165, 1.54) is 12.8 Å². The molecule has 1 unspecified atom stereocenters. The van der Waals surface area contributed by atoms with Crippen LogP contribution in [-0.4, -0.2) is 49.3 Å². The normalized spacial score (nSPS) is 19.5. The first-order valence-electron chi connectivity index (χ1n) is 7.60. The highest BCUT2D eigenvalue weighted by Crippen LogP contribution is 2.24. The number of hydrogen-bond acceptors (Lipinski definition) is 6. The van der Waals surface area contributed by atoms with Gasteiger partial charge in [-0.2, -0.15) is 4.37 Å². The Labute approximate surface area is 125 Å². The molecule has 1 saturated heterocycles. The van der Waals surface area contributed by atoms with E-state index in [9.17, 15) is 0 Å². The number of aromatic nitrogens is 2. The van der Waals surface area contributed by atoms with Crippen molar-refractivity contribution in [2.75, 3.05) is 44.8 Å². The smallest absolute Gasteiger partial charge is 0.205 e. The van der Waals surface area contributed by atoms with Crippen LogP contribution in [0.3, 0.4) is 0 Å².